The van der Waals surface area contributed by atoms with Gasteiger partial charge in [0.15, 0.2) is 0 Å². The van der Waals surface area contributed by atoms with Gasteiger partial charge in [-0.05, 0) is 24.6 Å². The molecule has 0 aliphatic carbocycles. The lowest BCUT2D eigenvalue weighted by atomic mass is 10.1. The van der Waals surface area contributed by atoms with Crippen LogP contribution in [0.2, 0.25) is 0 Å². The summed E-state index contributed by atoms with van der Waals surface area (Å²) >= 11 is 0. The average Bonchev–Trinajstić information content (AvgIpc) is 2.26. The van der Waals surface area contributed by atoms with E-state index in [4.69, 9.17) is 9.47 Å². The third-order valence-corrected chi connectivity index (χ3v) is 2.04. The highest BCUT2D eigenvalue weighted by atomic mass is 16.5. The summed E-state index contributed by atoms with van der Waals surface area (Å²) in [4.78, 5) is 11.5. The molecule has 4 nitrogen and oxygen atoms in total. The summed E-state index contributed by atoms with van der Waals surface area (Å²) in [6.07, 6.45) is 0. The number of hydrogen-bond donors (Lipinski definition) is 0. The van der Waals surface area contributed by atoms with Crippen LogP contribution in [0.15, 0.2) is 12.1 Å². The summed E-state index contributed by atoms with van der Waals surface area (Å²) in [7, 11) is 4.32. The van der Waals surface area contributed by atoms with Gasteiger partial charge in [-0.25, -0.2) is 4.79 Å². The number of carbonyl (C=O) groups excluding carboxylic acids is 1. The molecule has 0 aromatic heterocycles. The van der Waals surface area contributed by atoms with Crippen LogP contribution in [0.1, 0.15) is 15.9 Å². The first kappa shape index (κ1) is 11.4. The van der Waals surface area contributed by atoms with Crippen molar-refractivity contribution in [3.05, 3.63) is 23.3 Å². The van der Waals surface area contributed by atoms with Crippen LogP contribution in [0.25, 0.3) is 0 Å². The first-order chi connectivity index (χ1) is 7.13. The molecule has 0 saturated heterocycles. The Balaban J connectivity index is 3.36. The zero-order valence-electron chi connectivity index (χ0n) is 9.29. The highest BCUT2D eigenvalue weighted by Gasteiger charge is 2.19. The van der Waals surface area contributed by atoms with E-state index in [1.54, 1.807) is 12.1 Å². The van der Waals surface area contributed by atoms with Crippen molar-refractivity contribution >= 4 is 5.97 Å². The molecule has 1 aromatic rings. The molecule has 0 N–H and O–H groups in total. The first-order valence-electron chi connectivity index (χ1n) is 4.45. The van der Waals surface area contributed by atoms with Gasteiger partial charge < -0.3 is 14.2 Å². The molecule has 0 aliphatic rings. The molecule has 0 fully saturated rings. The Hall–Kier alpha value is -1.71. The Bertz CT molecular complexity index is 346. The molecule has 4 heteroatoms. The summed E-state index contributed by atoms with van der Waals surface area (Å²) in [6.45, 7) is 1.89. The van der Waals surface area contributed by atoms with E-state index < -0.39 is 5.97 Å². The van der Waals surface area contributed by atoms with Gasteiger partial charge in [-0.2, -0.15) is 0 Å². The summed E-state index contributed by atoms with van der Waals surface area (Å²) in [5, 5.41) is 0. The summed E-state index contributed by atoms with van der Waals surface area (Å²) < 4.78 is 14.9. The van der Waals surface area contributed by atoms with Gasteiger partial charge >= 0.3 is 5.97 Å². The van der Waals surface area contributed by atoms with E-state index in [1.807, 2.05) is 6.92 Å². The first-order valence-corrected chi connectivity index (χ1v) is 4.45. The van der Waals surface area contributed by atoms with Crippen LogP contribution >= 0.6 is 0 Å². The van der Waals surface area contributed by atoms with Crippen LogP contribution in [0.4, 0.5) is 0 Å². The second-order valence-electron chi connectivity index (χ2n) is 3.04. The van der Waals surface area contributed by atoms with Crippen LogP contribution in [0, 0.1) is 6.92 Å². The van der Waals surface area contributed by atoms with E-state index in [-0.39, 0.29) is 0 Å². The molecular formula is C11H14O4. The lowest BCUT2D eigenvalue weighted by Gasteiger charge is -2.12. The van der Waals surface area contributed by atoms with E-state index in [0.29, 0.717) is 17.1 Å². The molecule has 15 heavy (non-hydrogen) atoms. The Labute approximate surface area is 88.8 Å². The fraction of sp³-hybridized carbons (Fsp3) is 0.364. The number of hydrogen-bond acceptors (Lipinski definition) is 4. The lowest BCUT2D eigenvalue weighted by molar-refractivity contribution is 0.0593. The minimum absolute atomic E-state index is 0.313. The van der Waals surface area contributed by atoms with E-state index in [9.17, 15) is 4.79 Å². The van der Waals surface area contributed by atoms with Crippen molar-refractivity contribution in [2.24, 2.45) is 0 Å². The Morgan fingerprint density at radius 3 is 1.87 bits per heavy atom. The molecule has 0 spiro atoms. The van der Waals surface area contributed by atoms with Crippen molar-refractivity contribution in [1.82, 2.24) is 0 Å². The largest absolute Gasteiger partial charge is 0.496 e. The highest BCUT2D eigenvalue weighted by molar-refractivity contribution is 5.95. The number of ether oxygens (including phenoxy) is 3. The molecule has 0 unspecified atom stereocenters. The monoisotopic (exact) mass is 210 g/mol. The molecule has 1 aromatic carbocycles. The minimum Gasteiger partial charge on any atom is -0.496 e. The van der Waals surface area contributed by atoms with E-state index in [0.717, 1.165) is 5.56 Å². The molecule has 82 valence electrons. The quantitative estimate of drug-likeness (QED) is 0.713. The minimum atomic E-state index is -0.469. The Kier molecular flexibility index (Phi) is 3.55. The van der Waals surface area contributed by atoms with Gasteiger partial charge in [-0.3, -0.25) is 0 Å². The van der Waals surface area contributed by atoms with E-state index in [1.165, 1.54) is 21.3 Å². The maximum absolute atomic E-state index is 11.5. The maximum Gasteiger partial charge on any atom is 0.345 e. The molecule has 1 rings (SSSR count). The van der Waals surface area contributed by atoms with Gasteiger partial charge in [0.2, 0.25) is 0 Å². The third kappa shape index (κ3) is 2.21. The van der Waals surface area contributed by atoms with Gasteiger partial charge in [0.05, 0.1) is 21.3 Å². The van der Waals surface area contributed by atoms with Crippen molar-refractivity contribution in [1.29, 1.82) is 0 Å². The number of aryl methyl sites for hydroxylation is 1. The van der Waals surface area contributed by atoms with Crippen LogP contribution in [-0.2, 0) is 4.74 Å². The maximum atomic E-state index is 11.5. The van der Waals surface area contributed by atoms with E-state index in [2.05, 4.69) is 4.74 Å². The molecule has 0 atom stereocenters. The van der Waals surface area contributed by atoms with Crippen LogP contribution in [-0.4, -0.2) is 27.3 Å². The normalized spacial score (nSPS) is 9.60. The number of benzene rings is 1. The van der Waals surface area contributed by atoms with Gasteiger partial charge in [0.25, 0.3) is 0 Å². The summed E-state index contributed by atoms with van der Waals surface area (Å²) in [5.74, 6) is 0.445. The van der Waals surface area contributed by atoms with Crippen molar-refractivity contribution in [3.63, 3.8) is 0 Å². The van der Waals surface area contributed by atoms with Gasteiger partial charge in [0.1, 0.15) is 17.1 Å². The van der Waals surface area contributed by atoms with Crippen LogP contribution in [0.5, 0.6) is 11.5 Å². The van der Waals surface area contributed by atoms with Gasteiger partial charge in [-0.15, -0.1) is 0 Å². The fourth-order valence-corrected chi connectivity index (χ4v) is 1.35. The van der Waals surface area contributed by atoms with Crippen LogP contribution < -0.4 is 9.47 Å². The zero-order valence-corrected chi connectivity index (χ0v) is 9.29. The molecule has 0 aliphatic heterocycles. The predicted octanol–water partition coefficient (Wildman–Crippen LogP) is 1.80. The van der Waals surface area contributed by atoms with Crippen molar-refractivity contribution in [3.8, 4) is 11.5 Å². The average molecular weight is 210 g/mol. The zero-order chi connectivity index (χ0) is 11.4. The van der Waals surface area contributed by atoms with Gasteiger partial charge in [0, 0.05) is 0 Å². The summed E-state index contributed by atoms with van der Waals surface area (Å²) in [6, 6.07) is 3.52. The lowest BCUT2D eigenvalue weighted by Crippen LogP contribution is -2.07. The Morgan fingerprint density at radius 2 is 1.53 bits per heavy atom. The number of esters is 1. The Morgan fingerprint density at radius 1 is 1.07 bits per heavy atom. The second-order valence-corrected chi connectivity index (χ2v) is 3.04. The SMILES string of the molecule is COC(=O)c1c(OC)cc(C)cc1OC. The number of rotatable bonds is 3. The topological polar surface area (TPSA) is 44.8 Å². The standard InChI is InChI=1S/C11H14O4/c1-7-5-8(13-2)10(11(12)15-4)9(6-7)14-3/h5-6H,1-4H3. The molecule has 0 heterocycles. The van der Waals surface area contributed by atoms with Crippen molar-refractivity contribution < 1.29 is 19.0 Å². The highest BCUT2D eigenvalue weighted by Crippen LogP contribution is 2.30. The molecule has 0 amide bonds. The second kappa shape index (κ2) is 4.68. The smallest absolute Gasteiger partial charge is 0.345 e. The number of methoxy groups -OCH3 is 3. The molecular weight excluding hydrogens is 196 g/mol. The summed E-state index contributed by atoms with van der Waals surface area (Å²) in [5.41, 5.74) is 1.27. The van der Waals surface area contributed by atoms with E-state index >= 15 is 0 Å². The van der Waals surface area contributed by atoms with Crippen LogP contribution in [0.3, 0.4) is 0 Å². The third-order valence-electron chi connectivity index (χ3n) is 2.04. The van der Waals surface area contributed by atoms with Crippen molar-refractivity contribution in [2.75, 3.05) is 21.3 Å². The van der Waals surface area contributed by atoms with Gasteiger partial charge in [-0.1, -0.05) is 0 Å². The molecule has 0 bridgehead atoms. The number of carbonyl (C=O) groups is 1. The fourth-order valence-electron chi connectivity index (χ4n) is 1.35. The molecule has 0 saturated carbocycles. The molecule has 0 radical (unpaired) electrons. The van der Waals surface area contributed by atoms with Crippen molar-refractivity contribution in [2.45, 2.75) is 6.92 Å². The predicted molar refractivity (Wildman–Crippen MR) is 55.6 cm³/mol.